The summed E-state index contributed by atoms with van der Waals surface area (Å²) in [4.78, 5) is 29.3. The third-order valence-corrected chi connectivity index (χ3v) is 5.17. The van der Waals surface area contributed by atoms with E-state index in [2.05, 4.69) is 4.99 Å². The molecule has 1 aromatic heterocycles. The highest BCUT2D eigenvalue weighted by molar-refractivity contribution is 7.16. The molecule has 0 saturated carbocycles. The number of amides is 1. The van der Waals surface area contributed by atoms with E-state index in [4.69, 9.17) is 16.3 Å². The van der Waals surface area contributed by atoms with Gasteiger partial charge in [0.1, 0.15) is 6.54 Å². The standard InChI is InChI=1S/C19H17ClN2O3S/c1-3-25-16(23)11-22-17-12(2)7-6-10-15(17)26-19(22)21-18(24)13-8-4-5-9-14(13)20/h4-10H,3,11H2,1-2H3. The normalized spacial score (nSPS) is 11.7. The first kappa shape index (κ1) is 18.4. The first-order chi connectivity index (χ1) is 12.5. The highest BCUT2D eigenvalue weighted by atomic mass is 35.5. The Morgan fingerprint density at radius 3 is 2.69 bits per heavy atom. The topological polar surface area (TPSA) is 60.7 Å². The molecule has 0 aliphatic heterocycles. The lowest BCUT2D eigenvalue weighted by atomic mass is 10.2. The summed E-state index contributed by atoms with van der Waals surface area (Å²) < 4.78 is 7.73. The van der Waals surface area contributed by atoms with Gasteiger partial charge in [0.2, 0.25) is 0 Å². The maximum absolute atomic E-state index is 12.6. The van der Waals surface area contributed by atoms with Crippen molar-refractivity contribution < 1.29 is 14.3 Å². The van der Waals surface area contributed by atoms with Crippen molar-refractivity contribution in [2.45, 2.75) is 20.4 Å². The number of rotatable bonds is 4. The molecule has 1 amide bonds. The van der Waals surface area contributed by atoms with Crippen LogP contribution in [0.5, 0.6) is 0 Å². The van der Waals surface area contributed by atoms with E-state index in [1.807, 2.05) is 25.1 Å². The van der Waals surface area contributed by atoms with E-state index >= 15 is 0 Å². The SMILES string of the molecule is CCOC(=O)Cn1c(=NC(=O)c2ccccc2Cl)sc2cccc(C)c21. The molecular formula is C19H17ClN2O3S. The van der Waals surface area contributed by atoms with Gasteiger partial charge in [-0.05, 0) is 37.6 Å². The third kappa shape index (κ3) is 3.71. The second-order valence-corrected chi connectivity index (χ2v) is 7.01. The number of halogens is 1. The Balaban J connectivity index is 2.15. The molecule has 0 unspecified atom stereocenters. The summed E-state index contributed by atoms with van der Waals surface area (Å²) in [5.74, 6) is -0.820. The van der Waals surface area contributed by atoms with Crippen LogP contribution >= 0.6 is 22.9 Å². The number of benzene rings is 2. The Morgan fingerprint density at radius 1 is 1.19 bits per heavy atom. The predicted molar refractivity (Wildman–Crippen MR) is 103 cm³/mol. The van der Waals surface area contributed by atoms with Gasteiger partial charge in [0.05, 0.1) is 27.4 Å². The van der Waals surface area contributed by atoms with Crippen molar-refractivity contribution in [2.75, 3.05) is 6.61 Å². The summed E-state index contributed by atoms with van der Waals surface area (Å²) in [6.07, 6.45) is 0. The van der Waals surface area contributed by atoms with Gasteiger partial charge in [-0.3, -0.25) is 9.59 Å². The second kappa shape index (κ2) is 7.85. The van der Waals surface area contributed by atoms with Crippen LogP contribution < -0.4 is 4.80 Å². The summed E-state index contributed by atoms with van der Waals surface area (Å²) in [6.45, 7) is 4.00. The zero-order chi connectivity index (χ0) is 18.7. The molecule has 3 aromatic rings. The lowest BCUT2D eigenvalue weighted by molar-refractivity contribution is -0.143. The summed E-state index contributed by atoms with van der Waals surface area (Å²) in [5.41, 5.74) is 2.19. The molecule has 0 atom stereocenters. The van der Waals surface area contributed by atoms with Crippen molar-refractivity contribution in [3.05, 3.63) is 63.4 Å². The van der Waals surface area contributed by atoms with Gasteiger partial charge >= 0.3 is 5.97 Å². The Bertz CT molecular complexity index is 1050. The van der Waals surface area contributed by atoms with E-state index in [9.17, 15) is 9.59 Å². The molecule has 0 N–H and O–H groups in total. The quantitative estimate of drug-likeness (QED) is 0.635. The molecule has 0 bridgehead atoms. The van der Waals surface area contributed by atoms with E-state index in [0.717, 1.165) is 15.8 Å². The smallest absolute Gasteiger partial charge is 0.326 e. The Hall–Kier alpha value is -2.44. The van der Waals surface area contributed by atoms with E-state index in [-0.39, 0.29) is 12.5 Å². The number of fused-ring (bicyclic) bond motifs is 1. The predicted octanol–water partition coefficient (Wildman–Crippen LogP) is 3.97. The van der Waals surface area contributed by atoms with Crippen LogP contribution in [0.1, 0.15) is 22.8 Å². The van der Waals surface area contributed by atoms with Crippen LogP contribution in [-0.4, -0.2) is 23.1 Å². The first-order valence-electron chi connectivity index (χ1n) is 8.09. The van der Waals surface area contributed by atoms with Crippen molar-refractivity contribution in [3.8, 4) is 0 Å². The third-order valence-electron chi connectivity index (χ3n) is 3.80. The number of hydrogen-bond donors (Lipinski definition) is 0. The number of aryl methyl sites for hydroxylation is 1. The molecule has 0 aliphatic carbocycles. The average Bonchev–Trinajstić information content (AvgIpc) is 2.94. The van der Waals surface area contributed by atoms with Gasteiger partial charge in [-0.2, -0.15) is 4.99 Å². The van der Waals surface area contributed by atoms with Crippen molar-refractivity contribution in [2.24, 2.45) is 4.99 Å². The fourth-order valence-corrected chi connectivity index (χ4v) is 3.98. The van der Waals surface area contributed by atoms with Crippen molar-refractivity contribution in [1.82, 2.24) is 4.57 Å². The minimum atomic E-state index is -0.447. The number of thiazole rings is 1. The number of carbonyl (C=O) groups excluding carboxylic acids is 2. The minimum Gasteiger partial charge on any atom is -0.465 e. The van der Waals surface area contributed by atoms with Crippen LogP contribution in [0.4, 0.5) is 0 Å². The second-order valence-electron chi connectivity index (χ2n) is 5.59. The molecule has 0 fully saturated rings. The molecule has 5 nitrogen and oxygen atoms in total. The molecule has 0 spiro atoms. The Morgan fingerprint density at radius 2 is 1.96 bits per heavy atom. The molecule has 134 valence electrons. The van der Waals surface area contributed by atoms with E-state index in [0.29, 0.717) is 22.0 Å². The number of para-hydroxylation sites is 1. The van der Waals surface area contributed by atoms with E-state index < -0.39 is 5.91 Å². The van der Waals surface area contributed by atoms with Crippen LogP contribution in [-0.2, 0) is 16.1 Å². The molecule has 3 rings (SSSR count). The summed E-state index contributed by atoms with van der Waals surface area (Å²) >= 11 is 7.45. The number of hydrogen-bond acceptors (Lipinski definition) is 4. The van der Waals surface area contributed by atoms with Gasteiger partial charge in [0.15, 0.2) is 4.80 Å². The molecule has 0 aliphatic rings. The van der Waals surface area contributed by atoms with Crippen LogP contribution in [0.2, 0.25) is 5.02 Å². The number of nitrogens with zero attached hydrogens (tertiary/aromatic N) is 2. The molecular weight excluding hydrogens is 372 g/mol. The van der Waals surface area contributed by atoms with Gasteiger partial charge in [-0.25, -0.2) is 0 Å². The molecule has 7 heteroatoms. The first-order valence-corrected chi connectivity index (χ1v) is 9.29. The maximum Gasteiger partial charge on any atom is 0.326 e. The fraction of sp³-hybridized carbons (Fsp3) is 0.211. The number of aromatic nitrogens is 1. The van der Waals surface area contributed by atoms with E-state index in [1.165, 1.54) is 11.3 Å². The van der Waals surface area contributed by atoms with Gasteiger partial charge in [0.25, 0.3) is 5.91 Å². The van der Waals surface area contributed by atoms with Crippen LogP contribution in [0.15, 0.2) is 47.5 Å². The molecule has 1 heterocycles. The minimum absolute atomic E-state index is 0.00662. The maximum atomic E-state index is 12.6. The summed E-state index contributed by atoms with van der Waals surface area (Å²) in [6, 6.07) is 12.6. The molecule has 0 saturated heterocycles. The lowest BCUT2D eigenvalue weighted by Crippen LogP contribution is -2.23. The van der Waals surface area contributed by atoms with Crippen LogP contribution in [0.25, 0.3) is 10.2 Å². The Labute approximate surface area is 159 Å². The van der Waals surface area contributed by atoms with Gasteiger partial charge in [-0.1, -0.05) is 47.2 Å². The number of esters is 1. The lowest BCUT2D eigenvalue weighted by Gasteiger charge is -2.07. The molecule has 0 radical (unpaired) electrons. The van der Waals surface area contributed by atoms with Crippen molar-refractivity contribution in [1.29, 1.82) is 0 Å². The Kier molecular flexibility index (Phi) is 5.54. The highest BCUT2D eigenvalue weighted by Crippen LogP contribution is 2.21. The summed E-state index contributed by atoms with van der Waals surface area (Å²) in [7, 11) is 0. The van der Waals surface area contributed by atoms with Crippen LogP contribution in [0, 0.1) is 6.92 Å². The zero-order valence-corrected chi connectivity index (χ0v) is 15.9. The number of carbonyl (C=O) groups is 2. The van der Waals surface area contributed by atoms with Crippen molar-refractivity contribution in [3.63, 3.8) is 0 Å². The fourth-order valence-electron chi connectivity index (χ4n) is 2.66. The van der Waals surface area contributed by atoms with Gasteiger partial charge in [0, 0.05) is 0 Å². The van der Waals surface area contributed by atoms with Gasteiger partial charge in [-0.15, -0.1) is 0 Å². The molecule has 26 heavy (non-hydrogen) atoms. The average molecular weight is 389 g/mol. The van der Waals surface area contributed by atoms with E-state index in [1.54, 1.807) is 35.8 Å². The largest absolute Gasteiger partial charge is 0.465 e. The highest BCUT2D eigenvalue weighted by Gasteiger charge is 2.15. The number of ether oxygens (including phenoxy) is 1. The summed E-state index contributed by atoms with van der Waals surface area (Å²) in [5, 5.41) is 0.343. The van der Waals surface area contributed by atoms with Crippen LogP contribution in [0.3, 0.4) is 0 Å². The van der Waals surface area contributed by atoms with Gasteiger partial charge < -0.3 is 9.30 Å². The zero-order valence-electron chi connectivity index (χ0n) is 14.4. The monoisotopic (exact) mass is 388 g/mol. The van der Waals surface area contributed by atoms with Crippen molar-refractivity contribution >= 4 is 45.0 Å². The molecule has 2 aromatic carbocycles.